The highest BCUT2D eigenvalue weighted by molar-refractivity contribution is 6.33. The Balaban J connectivity index is 1.47. The number of benzene rings is 2. The summed E-state index contributed by atoms with van der Waals surface area (Å²) in [6.45, 7) is 6.07. The number of nitrogens with one attached hydrogen (secondary N) is 1. The average Bonchev–Trinajstić information content (AvgIpc) is 3.32. The maximum absolute atomic E-state index is 13.3. The summed E-state index contributed by atoms with van der Waals surface area (Å²) in [5.74, 6) is 0.322. The van der Waals surface area contributed by atoms with Crippen molar-refractivity contribution >= 4 is 34.9 Å². The van der Waals surface area contributed by atoms with Gasteiger partial charge in [0.2, 0.25) is 0 Å². The second kappa shape index (κ2) is 9.87. The lowest BCUT2D eigenvalue weighted by molar-refractivity contribution is 0.101. The van der Waals surface area contributed by atoms with E-state index in [-0.39, 0.29) is 34.7 Å². The molecule has 1 amide bonds. The zero-order chi connectivity index (χ0) is 24.4. The van der Waals surface area contributed by atoms with Crippen LogP contribution in [0, 0.1) is 26.6 Å². The first-order valence-corrected chi connectivity index (χ1v) is 11.1. The molecule has 4 aromatic rings. The first-order valence-electron chi connectivity index (χ1n) is 10.3. The Labute approximate surface area is 205 Å². The molecule has 0 atom stereocenters. The first kappa shape index (κ1) is 23.8. The summed E-state index contributed by atoms with van der Waals surface area (Å²) in [6.07, 6.45) is 1.54. The van der Waals surface area contributed by atoms with E-state index in [0.717, 1.165) is 11.1 Å². The fourth-order valence-corrected chi connectivity index (χ4v) is 3.68. The van der Waals surface area contributed by atoms with E-state index in [9.17, 15) is 9.18 Å². The molecule has 2 aromatic carbocycles. The molecule has 0 spiro atoms. The van der Waals surface area contributed by atoms with Gasteiger partial charge < -0.3 is 14.6 Å². The molecular formula is C24H21Cl2FN4O3. The summed E-state index contributed by atoms with van der Waals surface area (Å²) in [4.78, 5) is 12.9. The minimum atomic E-state index is -0.539. The van der Waals surface area contributed by atoms with Gasteiger partial charge in [0.25, 0.3) is 5.91 Å². The van der Waals surface area contributed by atoms with Crippen molar-refractivity contribution in [2.75, 3.05) is 5.32 Å². The molecular weight excluding hydrogens is 482 g/mol. The van der Waals surface area contributed by atoms with Crippen molar-refractivity contribution in [3.8, 4) is 5.75 Å². The number of aryl methyl sites for hydroxylation is 3. The van der Waals surface area contributed by atoms with Crippen LogP contribution in [0.3, 0.4) is 0 Å². The summed E-state index contributed by atoms with van der Waals surface area (Å²) in [6, 6.07) is 9.85. The Kier molecular flexibility index (Phi) is 6.90. The van der Waals surface area contributed by atoms with E-state index in [0.29, 0.717) is 22.6 Å². The third-order valence-corrected chi connectivity index (χ3v) is 5.99. The van der Waals surface area contributed by atoms with Gasteiger partial charge in [-0.25, -0.2) is 4.39 Å². The van der Waals surface area contributed by atoms with Gasteiger partial charge >= 0.3 is 0 Å². The zero-order valence-electron chi connectivity index (χ0n) is 18.7. The molecule has 0 bridgehead atoms. The van der Waals surface area contributed by atoms with Gasteiger partial charge in [0.05, 0.1) is 12.1 Å². The van der Waals surface area contributed by atoms with Crippen LogP contribution >= 0.6 is 23.2 Å². The van der Waals surface area contributed by atoms with Gasteiger partial charge in [0.1, 0.15) is 29.0 Å². The van der Waals surface area contributed by atoms with Crippen molar-refractivity contribution < 1.29 is 18.4 Å². The highest BCUT2D eigenvalue weighted by Crippen LogP contribution is 2.25. The lowest BCUT2D eigenvalue weighted by atomic mass is 10.1. The van der Waals surface area contributed by atoms with Gasteiger partial charge in [0.15, 0.2) is 11.5 Å². The lowest BCUT2D eigenvalue weighted by Gasteiger charge is -2.09. The molecule has 1 N–H and O–H groups in total. The lowest BCUT2D eigenvalue weighted by Crippen LogP contribution is -2.16. The molecule has 0 aliphatic rings. The summed E-state index contributed by atoms with van der Waals surface area (Å²) in [5.41, 5.74) is 3.51. The second-order valence-electron chi connectivity index (χ2n) is 7.81. The fraction of sp³-hybridized carbons (Fsp3) is 0.208. The highest BCUT2D eigenvalue weighted by atomic mass is 35.5. The Bertz CT molecular complexity index is 1370. The van der Waals surface area contributed by atoms with Crippen LogP contribution in [0.2, 0.25) is 10.0 Å². The van der Waals surface area contributed by atoms with Crippen molar-refractivity contribution in [1.29, 1.82) is 0 Å². The van der Waals surface area contributed by atoms with E-state index in [1.54, 1.807) is 13.0 Å². The zero-order valence-corrected chi connectivity index (χ0v) is 20.2. The summed E-state index contributed by atoms with van der Waals surface area (Å²) in [7, 11) is 0. The number of halogens is 3. The number of ether oxygens (including phenoxy) is 1. The molecule has 0 saturated heterocycles. The largest absolute Gasteiger partial charge is 0.489 e. The fourth-order valence-electron chi connectivity index (χ4n) is 3.25. The highest BCUT2D eigenvalue weighted by Gasteiger charge is 2.22. The van der Waals surface area contributed by atoms with Crippen LogP contribution in [0.5, 0.6) is 5.75 Å². The summed E-state index contributed by atoms with van der Waals surface area (Å²) in [5, 5.41) is 11.3. The van der Waals surface area contributed by atoms with E-state index in [2.05, 4.69) is 15.6 Å². The number of aromatic nitrogens is 3. The molecule has 34 heavy (non-hydrogen) atoms. The first-order chi connectivity index (χ1) is 16.2. The number of carbonyl (C=O) groups is 1. The minimum Gasteiger partial charge on any atom is -0.489 e. The SMILES string of the molecule is Cc1ccc(OCc2c(C(=O)Nc3nn(Cc4ccc(F)cc4Cl)cc3Cl)noc2C)cc1C. The number of anilines is 1. The van der Waals surface area contributed by atoms with Crippen molar-refractivity contribution in [2.45, 2.75) is 33.9 Å². The maximum atomic E-state index is 13.3. The summed E-state index contributed by atoms with van der Waals surface area (Å²) < 4.78 is 25.9. The van der Waals surface area contributed by atoms with Crippen LogP contribution in [-0.4, -0.2) is 20.8 Å². The normalized spacial score (nSPS) is 11.0. The molecule has 0 fully saturated rings. The number of carbonyl (C=O) groups excluding carboxylic acids is 1. The quantitative estimate of drug-likeness (QED) is 0.329. The Morgan fingerprint density at radius 2 is 1.91 bits per heavy atom. The molecule has 10 heteroatoms. The number of rotatable bonds is 7. The van der Waals surface area contributed by atoms with E-state index >= 15 is 0 Å². The Morgan fingerprint density at radius 3 is 2.65 bits per heavy atom. The monoisotopic (exact) mass is 502 g/mol. The smallest absolute Gasteiger partial charge is 0.279 e. The minimum absolute atomic E-state index is 0.0773. The molecule has 7 nitrogen and oxygen atoms in total. The molecule has 0 radical (unpaired) electrons. The van der Waals surface area contributed by atoms with E-state index in [1.165, 1.54) is 23.0 Å². The molecule has 0 aliphatic carbocycles. The van der Waals surface area contributed by atoms with Gasteiger partial charge in [-0.1, -0.05) is 40.5 Å². The Hall–Kier alpha value is -3.36. The van der Waals surface area contributed by atoms with Crippen molar-refractivity contribution in [3.63, 3.8) is 0 Å². The van der Waals surface area contributed by atoms with Gasteiger partial charge in [0, 0.05) is 11.2 Å². The predicted molar refractivity (Wildman–Crippen MR) is 127 cm³/mol. The van der Waals surface area contributed by atoms with Crippen LogP contribution in [0.25, 0.3) is 0 Å². The van der Waals surface area contributed by atoms with Crippen LogP contribution in [-0.2, 0) is 13.2 Å². The molecule has 4 rings (SSSR count). The molecule has 0 aliphatic heterocycles. The van der Waals surface area contributed by atoms with E-state index in [4.69, 9.17) is 32.5 Å². The van der Waals surface area contributed by atoms with E-state index in [1.807, 2.05) is 32.0 Å². The third-order valence-electron chi connectivity index (χ3n) is 5.36. The topological polar surface area (TPSA) is 82.2 Å². The standard InChI is InChI=1S/C24H21Cl2FN4O3/c1-13-4-7-18(8-14(13)2)33-12-19-15(3)34-30-22(19)24(32)28-23-21(26)11-31(29-23)10-16-5-6-17(27)9-20(16)25/h4-9,11H,10,12H2,1-3H3,(H,28,29,32). The van der Waals surface area contributed by atoms with Crippen LogP contribution in [0.1, 0.15) is 38.5 Å². The molecule has 2 aromatic heterocycles. The predicted octanol–water partition coefficient (Wildman–Crippen LogP) is 6.12. The number of amides is 1. The van der Waals surface area contributed by atoms with Gasteiger partial charge in [-0.2, -0.15) is 5.10 Å². The third kappa shape index (κ3) is 5.24. The van der Waals surface area contributed by atoms with Gasteiger partial charge in [-0.15, -0.1) is 0 Å². The van der Waals surface area contributed by atoms with Crippen LogP contribution in [0.15, 0.2) is 47.1 Å². The van der Waals surface area contributed by atoms with E-state index < -0.39 is 11.7 Å². The number of hydrogen-bond donors (Lipinski definition) is 1. The second-order valence-corrected chi connectivity index (χ2v) is 8.63. The molecule has 0 unspecified atom stereocenters. The Morgan fingerprint density at radius 1 is 1.12 bits per heavy atom. The molecule has 176 valence electrons. The molecule has 2 heterocycles. The molecule has 0 saturated carbocycles. The summed E-state index contributed by atoms with van der Waals surface area (Å²) >= 11 is 12.3. The van der Waals surface area contributed by atoms with Crippen molar-refractivity contribution in [3.05, 3.63) is 92.2 Å². The number of nitrogens with zero attached hydrogens (tertiary/aromatic N) is 3. The van der Waals surface area contributed by atoms with Gasteiger partial charge in [-0.3, -0.25) is 9.48 Å². The van der Waals surface area contributed by atoms with Crippen molar-refractivity contribution in [1.82, 2.24) is 14.9 Å². The van der Waals surface area contributed by atoms with Crippen LogP contribution < -0.4 is 10.1 Å². The van der Waals surface area contributed by atoms with Crippen LogP contribution in [0.4, 0.5) is 10.2 Å². The van der Waals surface area contributed by atoms with Crippen molar-refractivity contribution in [2.24, 2.45) is 0 Å². The average molecular weight is 503 g/mol. The maximum Gasteiger partial charge on any atom is 0.279 e. The van der Waals surface area contributed by atoms with Gasteiger partial charge in [-0.05, 0) is 61.7 Å². The number of hydrogen-bond acceptors (Lipinski definition) is 5.